The molecule has 110 valence electrons. The SMILES string of the molecule is CC(NC(=O)NC1CCCC(C(=O)O)C1)C(C)(C)C. The lowest BCUT2D eigenvalue weighted by Crippen LogP contribution is -2.50. The summed E-state index contributed by atoms with van der Waals surface area (Å²) in [6.07, 6.45) is 2.97. The second-order valence-corrected chi connectivity index (χ2v) is 6.60. The van der Waals surface area contributed by atoms with Gasteiger partial charge < -0.3 is 15.7 Å². The Kier molecular flexibility index (Phi) is 5.20. The summed E-state index contributed by atoms with van der Waals surface area (Å²) < 4.78 is 0. The molecule has 19 heavy (non-hydrogen) atoms. The molecule has 1 aliphatic carbocycles. The maximum absolute atomic E-state index is 11.9. The van der Waals surface area contributed by atoms with Gasteiger partial charge in [0.2, 0.25) is 0 Å². The topological polar surface area (TPSA) is 78.4 Å². The van der Waals surface area contributed by atoms with Gasteiger partial charge in [0.1, 0.15) is 0 Å². The maximum atomic E-state index is 11.9. The lowest BCUT2D eigenvalue weighted by atomic mass is 9.86. The number of aliphatic carboxylic acids is 1. The van der Waals surface area contributed by atoms with Crippen LogP contribution in [0.3, 0.4) is 0 Å². The third kappa shape index (κ3) is 5.09. The van der Waals surface area contributed by atoms with Gasteiger partial charge in [-0.1, -0.05) is 27.2 Å². The Hall–Kier alpha value is -1.26. The van der Waals surface area contributed by atoms with Crippen molar-refractivity contribution in [3.63, 3.8) is 0 Å². The van der Waals surface area contributed by atoms with E-state index >= 15 is 0 Å². The van der Waals surface area contributed by atoms with Crippen LogP contribution in [-0.4, -0.2) is 29.2 Å². The van der Waals surface area contributed by atoms with Crippen LogP contribution in [0.4, 0.5) is 4.79 Å². The Balaban J connectivity index is 2.42. The molecule has 3 unspecified atom stereocenters. The number of nitrogens with one attached hydrogen (secondary N) is 2. The Morgan fingerprint density at radius 1 is 1.26 bits per heavy atom. The minimum Gasteiger partial charge on any atom is -0.481 e. The quantitative estimate of drug-likeness (QED) is 0.736. The van der Waals surface area contributed by atoms with Crippen LogP contribution >= 0.6 is 0 Å². The zero-order chi connectivity index (χ0) is 14.6. The third-order valence-electron chi connectivity index (χ3n) is 4.01. The van der Waals surface area contributed by atoms with Gasteiger partial charge in [0, 0.05) is 12.1 Å². The number of carbonyl (C=O) groups is 2. The molecule has 2 amide bonds. The van der Waals surface area contributed by atoms with Gasteiger partial charge in [0.25, 0.3) is 0 Å². The summed E-state index contributed by atoms with van der Waals surface area (Å²) in [7, 11) is 0. The van der Waals surface area contributed by atoms with Gasteiger partial charge in [-0.15, -0.1) is 0 Å². The monoisotopic (exact) mass is 270 g/mol. The lowest BCUT2D eigenvalue weighted by Gasteiger charge is -2.31. The standard InChI is InChI=1S/C14H26N2O3/c1-9(14(2,3)4)15-13(19)16-11-7-5-6-10(8-11)12(17)18/h9-11H,5-8H2,1-4H3,(H,17,18)(H2,15,16,19). The number of carboxylic acids is 1. The summed E-state index contributed by atoms with van der Waals surface area (Å²) in [6, 6.07) is -0.160. The van der Waals surface area contributed by atoms with Crippen molar-refractivity contribution in [1.29, 1.82) is 0 Å². The number of carbonyl (C=O) groups excluding carboxylic acids is 1. The number of urea groups is 1. The van der Waals surface area contributed by atoms with Crippen molar-refractivity contribution in [3.8, 4) is 0 Å². The summed E-state index contributed by atoms with van der Waals surface area (Å²) in [4.78, 5) is 22.8. The minimum absolute atomic E-state index is 0.00745. The molecule has 0 aliphatic heterocycles. The van der Waals surface area contributed by atoms with Crippen molar-refractivity contribution in [2.24, 2.45) is 11.3 Å². The molecule has 3 N–H and O–H groups in total. The molecule has 5 nitrogen and oxygen atoms in total. The van der Waals surface area contributed by atoms with Crippen LogP contribution in [0, 0.1) is 11.3 Å². The maximum Gasteiger partial charge on any atom is 0.315 e. The summed E-state index contributed by atoms with van der Waals surface area (Å²) in [6.45, 7) is 8.18. The van der Waals surface area contributed by atoms with E-state index in [2.05, 4.69) is 31.4 Å². The summed E-state index contributed by atoms with van der Waals surface area (Å²) >= 11 is 0. The van der Waals surface area contributed by atoms with E-state index in [-0.39, 0.29) is 29.4 Å². The van der Waals surface area contributed by atoms with Crippen LogP contribution in [0.25, 0.3) is 0 Å². The normalized spacial score (nSPS) is 25.5. The van der Waals surface area contributed by atoms with Crippen LogP contribution in [-0.2, 0) is 4.79 Å². The smallest absolute Gasteiger partial charge is 0.315 e. The highest BCUT2D eigenvalue weighted by Gasteiger charge is 2.28. The number of hydrogen-bond acceptors (Lipinski definition) is 2. The second kappa shape index (κ2) is 6.26. The van der Waals surface area contributed by atoms with E-state index in [1.54, 1.807) is 0 Å². The van der Waals surface area contributed by atoms with Crippen LogP contribution in [0.15, 0.2) is 0 Å². The second-order valence-electron chi connectivity index (χ2n) is 6.60. The number of amides is 2. The van der Waals surface area contributed by atoms with Gasteiger partial charge in [-0.3, -0.25) is 4.79 Å². The van der Waals surface area contributed by atoms with Gasteiger partial charge in [-0.2, -0.15) is 0 Å². The van der Waals surface area contributed by atoms with Crippen molar-refractivity contribution in [1.82, 2.24) is 10.6 Å². The zero-order valence-corrected chi connectivity index (χ0v) is 12.3. The van der Waals surface area contributed by atoms with Crippen molar-refractivity contribution >= 4 is 12.0 Å². The Morgan fingerprint density at radius 3 is 2.42 bits per heavy atom. The predicted octanol–water partition coefficient (Wildman–Crippen LogP) is 2.36. The van der Waals surface area contributed by atoms with E-state index in [1.807, 2.05) is 6.92 Å². The van der Waals surface area contributed by atoms with Crippen LogP contribution in [0.5, 0.6) is 0 Å². The molecule has 5 heteroatoms. The van der Waals surface area contributed by atoms with Crippen LogP contribution in [0.2, 0.25) is 0 Å². The average Bonchev–Trinajstić information content (AvgIpc) is 2.27. The lowest BCUT2D eigenvalue weighted by molar-refractivity contribution is -0.143. The predicted molar refractivity (Wildman–Crippen MR) is 74.0 cm³/mol. The fraction of sp³-hybridized carbons (Fsp3) is 0.857. The van der Waals surface area contributed by atoms with Crippen molar-refractivity contribution in [2.75, 3.05) is 0 Å². The number of rotatable bonds is 3. The van der Waals surface area contributed by atoms with E-state index in [0.717, 1.165) is 12.8 Å². The fourth-order valence-electron chi connectivity index (χ4n) is 2.19. The van der Waals surface area contributed by atoms with E-state index in [9.17, 15) is 9.59 Å². The fourth-order valence-corrected chi connectivity index (χ4v) is 2.19. The van der Waals surface area contributed by atoms with Crippen molar-refractivity contribution in [3.05, 3.63) is 0 Å². The molecule has 1 saturated carbocycles. The van der Waals surface area contributed by atoms with Crippen LogP contribution < -0.4 is 10.6 Å². The van der Waals surface area contributed by atoms with E-state index in [0.29, 0.717) is 12.8 Å². The zero-order valence-electron chi connectivity index (χ0n) is 12.3. The number of carboxylic acid groups (broad SMARTS) is 1. The van der Waals surface area contributed by atoms with Crippen molar-refractivity contribution in [2.45, 2.75) is 65.5 Å². The summed E-state index contributed by atoms with van der Waals surface area (Å²) in [5, 5.41) is 14.8. The molecule has 0 spiro atoms. The third-order valence-corrected chi connectivity index (χ3v) is 4.01. The van der Waals surface area contributed by atoms with Crippen molar-refractivity contribution < 1.29 is 14.7 Å². The molecule has 3 atom stereocenters. The van der Waals surface area contributed by atoms with E-state index in [4.69, 9.17) is 5.11 Å². The molecule has 1 rings (SSSR count). The molecule has 0 bridgehead atoms. The highest BCUT2D eigenvalue weighted by atomic mass is 16.4. The highest BCUT2D eigenvalue weighted by molar-refractivity contribution is 5.75. The molecule has 0 heterocycles. The number of hydrogen-bond donors (Lipinski definition) is 3. The van der Waals surface area contributed by atoms with Crippen LogP contribution in [0.1, 0.15) is 53.4 Å². The largest absolute Gasteiger partial charge is 0.481 e. The first-order valence-electron chi connectivity index (χ1n) is 7.00. The molecule has 0 aromatic rings. The Morgan fingerprint density at radius 2 is 1.89 bits per heavy atom. The summed E-state index contributed by atoms with van der Waals surface area (Å²) in [5.74, 6) is -1.07. The minimum atomic E-state index is -0.755. The molecule has 0 aromatic heterocycles. The molecule has 1 fully saturated rings. The van der Waals surface area contributed by atoms with E-state index in [1.165, 1.54) is 0 Å². The van der Waals surface area contributed by atoms with Gasteiger partial charge >= 0.3 is 12.0 Å². The molecule has 0 saturated heterocycles. The molecule has 0 radical (unpaired) electrons. The first-order valence-corrected chi connectivity index (χ1v) is 7.00. The molecular formula is C14H26N2O3. The molecule has 1 aliphatic rings. The first-order chi connectivity index (χ1) is 8.70. The summed E-state index contributed by atoms with van der Waals surface area (Å²) in [5.41, 5.74) is 0.00745. The molecule has 0 aromatic carbocycles. The first kappa shape index (κ1) is 15.8. The Bertz CT molecular complexity index is 336. The Labute approximate surface area is 115 Å². The van der Waals surface area contributed by atoms with Gasteiger partial charge in [-0.05, 0) is 31.6 Å². The highest BCUT2D eigenvalue weighted by Crippen LogP contribution is 2.24. The average molecular weight is 270 g/mol. The molecular weight excluding hydrogens is 244 g/mol. The van der Waals surface area contributed by atoms with Gasteiger partial charge in [0.05, 0.1) is 5.92 Å². The van der Waals surface area contributed by atoms with E-state index < -0.39 is 5.97 Å². The van der Waals surface area contributed by atoms with Gasteiger partial charge in [-0.25, -0.2) is 4.79 Å². The van der Waals surface area contributed by atoms with Gasteiger partial charge in [0.15, 0.2) is 0 Å².